The van der Waals surface area contributed by atoms with E-state index < -0.39 is 10.4 Å². The van der Waals surface area contributed by atoms with Gasteiger partial charge in [-0.1, -0.05) is 84.9 Å². The predicted octanol–water partition coefficient (Wildman–Crippen LogP) is 10.6. The van der Waals surface area contributed by atoms with E-state index in [1.807, 2.05) is 0 Å². The molecule has 0 unspecified atom stereocenters. The van der Waals surface area contributed by atoms with Crippen molar-refractivity contribution in [3.63, 3.8) is 0 Å². The molecule has 9 heteroatoms. The Morgan fingerprint density at radius 3 is 0.905 bits per heavy atom. The van der Waals surface area contributed by atoms with Gasteiger partial charge in [-0.25, -0.2) is 9.15 Å². The zero-order valence-corrected chi connectivity index (χ0v) is 39.3. The molecule has 0 N–H and O–H groups in total. The van der Waals surface area contributed by atoms with Crippen LogP contribution >= 0.6 is 0 Å². The Morgan fingerprint density at radius 1 is 0.413 bits per heavy atom. The number of anilines is 2. The lowest BCUT2D eigenvalue weighted by Gasteiger charge is -2.22. The van der Waals surface area contributed by atoms with Crippen molar-refractivity contribution in [2.24, 2.45) is 0 Å². The number of allylic oxidation sites excluding steroid dienone is 10. The summed E-state index contributed by atoms with van der Waals surface area (Å²) in [6, 6.07) is 39.4. The standard InChI is InChI=1S/2C27H33N2.H2O4S/c2*1-5-28(6-2)25-18-14-23(15-19-25)27(22-12-10-9-11-13-22)24-16-20-26(21-17-24)29(7-3)8-4;1-5(2,3)4/h2*9-21H,5-8H2,1-4H3;(H2,1,2,3,4)/q2*+1;/p-2. The molecule has 0 radical (unpaired) electrons. The summed E-state index contributed by atoms with van der Waals surface area (Å²) in [6.45, 7) is 25.8. The van der Waals surface area contributed by atoms with Gasteiger partial charge in [0.1, 0.15) is 26.2 Å². The quantitative estimate of drug-likeness (QED) is 0.0712. The van der Waals surface area contributed by atoms with Crippen LogP contribution in [0.25, 0.3) is 11.1 Å². The molecule has 6 rings (SSSR count). The third kappa shape index (κ3) is 14.6. The maximum absolute atomic E-state index is 8.52. The summed E-state index contributed by atoms with van der Waals surface area (Å²) in [7, 11) is -5.17. The highest BCUT2D eigenvalue weighted by atomic mass is 32.3. The zero-order chi connectivity index (χ0) is 45.8. The van der Waals surface area contributed by atoms with Gasteiger partial charge >= 0.3 is 0 Å². The molecule has 0 aromatic heterocycles. The molecule has 63 heavy (non-hydrogen) atoms. The maximum atomic E-state index is 8.52. The second-order valence-electron chi connectivity index (χ2n) is 14.8. The summed E-state index contributed by atoms with van der Waals surface area (Å²) >= 11 is 0. The molecule has 0 aliphatic heterocycles. The van der Waals surface area contributed by atoms with Crippen LogP contribution in [0.15, 0.2) is 169 Å². The Balaban J connectivity index is 0.000000250. The van der Waals surface area contributed by atoms with Crippen molar-refractivity contribution >= 4 is 44.3 Å². The molecule has 0 amide bonds. The molecule has 0 atom stereocenters. The third-order valence-corrected chi connectivity index (χ3v) is 11.3. The van der Waals surface area contributed by atoms with Gasteiger partial charge in [-0.15, -0.1) is 0 Å². The molecular weight excluding hydrogens is 801 g/mol. The molecule has 0 saturated heterocycles. The largest absolute Gasteiger partial charge is 0.759 e. The van der Waals surface area contributed by atoms with Gasteiger partial charge in [0.25, 0.3) is 0 Å². The van der Waals surface area contributed by atoms with Crippen LogP contribution in [0.3, 0.4) is 0 Å². The van der Waals surface area contributed by atoms with Gasteiger partial charge in [0.2, 0.25) is 0 Å². The Kier molecular flexibility index (Phi) is 20.0. The van der Waals surface area contributed by atoms with E-state index >= 15 is 0 Å². The van der Waals surface area contributed by atoms with E-state index in [2.05, 4.69) is 232 Å². The zero-order valence-electron chi connectivity index (χ0n) is 38.5. The van der Waals surface area contributed by atoms with Crippen LogP contribution in [0.4, 0.5) is 11.4 Å². The van der Waals surface area contributed by atoms with Crippen LogP contribution in [0.5, 0.6) is 0 Å². The molecule has 332 valence electrons. The topological polar surface area (TPSA) is 92.8 Å². The first-order chi connectivity index (χ1) is 30.4. The van der Waals surface area contributed by atoms with Crippen molar-refractivity contribution in [2.45, 2.75) is 55.4 Å². The average Bonchev–Trinajstić information content (AvgIpc) is 3.30. The molecule has 8 nitrogen and oxygen atoms in total. The molecule has 0 spiro atoms. The smallest absolute Gasteiger partial charge is 0.199 e. The fraction of sp³-hybridized carbons (Fsp3) is 0.296. The fourth-order valence-corrected chi connectivity index (χ4v) is 7.92. The van der Waals surface area contributed by atoms with Crippen LogP contribution in [-0.2, 0) is 10.4 Å². The van der Waals surface area contributed by atoms with Gasteiger partial charge in [0.05, 0.1) is 0 Å². The number of hydrogen-bond acceptors (Lipinski definition) is 6. The van der Waals surface area contributed by atoms with Gasteiger partial charge in [-0.2, -0.15) is 0 Å². The Bertz CT molecular complexity index is 2220. The molecule has 0 bridgehead atoms. The van der Waals surface area contributed by atoms with Crippen LogP contribution in [0.1, 0.15) is 77.6 Å². The van der Waals surface area contributed by atoms with E-state index in [1.165, 1.54) is 67.3 Å². The molecule has 4 aromatic carbocycles. The van der Waals surface area contributed by atoms with Crippen molar-refractivity contribution in [2.75, 3.05) is 62.2 Å². The second kappa shape index (κ2) is 25.3. The van der Waals surface area contributed by atoms with Crippen LogP contribution in [-0.4, -0.2) is 90.5 Å². The van der Waals surface area contributed by atoms with Crippen molar-refractivity contribution in [1.29, 1.82) is 0 Å². The lowest BCUT2D eigenvalue weighted by atomic mass is 9.90. The lowest BCUT2D eigenvalue weighted by Crippen LogP contribution is -2.21. The highest BCUT2D eigenvalue weighted by molar-refractivity contribution is 7.79. The maximum Gasteiger partial charge on any atom is 0.199 e. The predicted molar refractivity (Wildman–Crippen MR) is 265 cm³/mol. The van der Waals surface area contributed by atoms with Crippen molar-refractivity contribution < 1.29 is 26.7 Å². The van der Waals surface area contributed by atoms with E-state index in [0.717, 1.165) is 52.4 Å². The SMILES string of the molecule is CCN(CC)c1ccc(C(=C2C=CC(=[N+](CC)CC)C=C2)c2ccccc2)cc1.CCN(CC)c1ccc(C(=C2C=CC(=[N+](CC)CC)C=C2)c2ccccc2)cc1.O=S(=O)([O-])[O-]. The third-order valence-electron chi connectivity index (χ3n) is 11.3. The van der Waals surface area contributed by atoms with E-state index in [1.54, 1.807) is 0 Å². The summed E-state index contributed by atoms with van der Waals surface area (Å²) in [5.41, 5.74) is 15.2. The number of benzene rings is 4. The molecule has 0 heterocycles. The molecule has 2 aliphatic carbocycles. The molecule has 2 aliphatic rings. The first-order valence-corrected chi connectivity index (χ1v) is 23.7. The molecular formula is C54H66N4O4S. The molecule has 4 aromatic rings. The minimum absolute atomic E-state index is 1.03. The first kappa shape index (κ1) is 49.8. The fourth-order valence-electron chi connectivity index (χ4n) is 7.92. The van der Waals surface area contributed by atoms with Crippen LogP contribution in [0, 0.1) is 0 Å². The summed E-state index contributed by atoms with van der Waals surface area (Å²) in [5.74, 6) is 0. The van der Waals surface area contributed by atoms with Gasteiger partial charge in [0, 0.05) is 72.3 Å². The molecule has 0 saturated carbocycles. The monoisotopic (exact) mass is 866 g/mol. The van der Waals surface area contributed by atoms with E-state index in [9.17, 15) is 0 Å². The number of hydrogen-bond donors (Lipinski definition) is 0. The summed E-state index contributed by atoms with van der Waals surface area (Å²) in [5, 5.41) is 0. The van der Waals surface area contributed by atoms with Gasteiger partial charge < -0.3 is 18.9 Å². The molecule has 0 fully saturated rings. The minimum atomic E-state index is -5.17. The Morgan fingerprint density at radius 2 is 0.667 bits per heavy atom. The van der Waals surface area contributed by atoms with Crippen molar-refractivity contribution in [1.82, 2.24) is 0 Å². The van der Waals surface area contributed by atoms with E-state index in [-0.39, 0.29) is 0 Å². The second-order valence-corrected chi connectivity index (χ2v) is 15.6. The van der Waals surface area contributed by atoms with Gasteiger partial charge in [-0.3, -0.25) is 8.42 Å². The van der Waals surface area contributed by atoms with E-state index in [4.69, 9.17) is 17.5 Å². The Hall–Kier alpha value is -5.87. The van der Waals surface area contributed by atoms with Gasteiger partial charge in [-0.05, 0) is 149 Å². The van der Waals surface area contributed by atoms with Crippen LogP contribution in [0.2, 0.25) is 0 Å². The minimum Gasteiger partial charge on any atom is -0.759 e. The summed E-state index contributed by atoms with van der Waals surface area (Å²) in [6.07, 6.45) is 18.0. The number of rotatable bonds is 14. The number of nitrogens with zero attached hydrogens (tertiary/aromatic N) is 4. The van der Waals surface area contributed by atoms with E-state index in [0.29, 0.717) is 0 Å². The van der Waals surface area contributed by atoms with Crippen molar-refractivity contribution in [3.05, 3.63) is 191 Å². The highest BCUT2D eigenvalue weighted by Gasteiger charge is 2.16. The lowest BCUT2D eigenvalue weighted by molar-refractivity contribution is -0.519. The van der Waals surface area contributed by atoms with Gasteiger partial charge in [0.15, 0.2) is 11.4 Å². The summed E-state index contributed by atoms with van der Waals surface area (Å²) < 4.78 is 38.8. The highest BCUT2D eigenvalue weighted by Crippen LogP contribution is 2.32. The average molecular weight is 867 g/mol. The first-order valence-electron chi connectivity index (χ1n) is 22.4. The van der Waals surface area contributed by atoms with Crippen molar-refractivity contribution in [3.8, 4) is 0 Å². The normalized spacial score (nSPS) is 12.9. The summed E-state index contributed by atoms with van der Waals surface area (Å²) in [4.78, 5) is 4.76. The Labute approximate surface area is 378 Å². The van der Waals surface area contributed by atoms with Crippen LogP contribution < -0.4 is 9.80 Å².